The summed E-state index contributed by atoms with van der Waals surface area (Å²) < 4.78 is 6.12. The molecule has 2 unspecified atom stereocenters. The largest absolute Gasteiger partial charge is 0.375 e. The summed E-state index contributed by atoms with van der Waals surface area (Å²) in [5.74, 6) is 0.858. The standard InChI is InChI=1S/C19H37NO/c1-3-5-6-7-8-10-18(20-14-4-2)17-11-15-21-19(16-17)12-9-13-19/h17-18,20H,3-16H2,1-2H3. The predicted octanol–water partition coefficient (Wildman–Crippen LogP) is 5.06. The second-order valence-corrected chi connectivity index (χ2v) is 7.40. The molecule has 1 aliphatic carbocycles. The highest BCUT2D eigenvalue weighted by atomic mass is 16.5. The van der Waals surface area contributed by atoms with Crippen LogP contribution in [0.3, 0.4) is 0 Å². The van der Waals surface area contributed by atoms with E-state index in [0.717, 1.165) is 18.6 Å². The molecule has 0 amide bonds. The van der Waals surface area contributed by atoms with Crippen LogP contribution in [0, 0.1) is 5.92 Å². The van der Waals surface area contributed by atoms with Gasteiger partial charge in [-0.1, -0.05) is 46.0 Å². The summed E-state index contributed by atoms with van der Waals surface area (Å²) in [6.07, 6.45) is 16.3. The normalized spacial score (nSPS) is 25.7. The number of hydrogen-bond donors (Lipinski definition) is 1. The van der Waals surface area contributed by atoms with E-state index in [-0.39, 0.29) is 0 Å². The van der Waals surface area contributed by atoms with Crippen molar-refractivity contribution in [1.82, 2.24) is 5.32 Å². The Morgan fingerprint density at radius 1 is 1.10 bits per heavy atom. The first-order valence-electron chi connectivity index (χ1n) is 9.67. The molecular weight excluding hydrogens is 258 g/mol. The van der Waals surface area contributed by atoms with Crippen molar-refractivity contribution in [2.24, 2.45) is 5.92 Å². The third kappa shape index (κ3) is 5.25. The van der Waals surface area contributed by atoms with Crippen molar-refractivity contribution in [2.75, 3.05) is 13.2 Å². The summed E-state index contributed by atoms with van der Waals surface area (Å²) in [7, 11) is 0. The quantitative estimate of drug-likeness (QED) is 0.568. The van der Waals surface area contributed by atoms with Gasteiger partial charge < -0.3 is 10.1 Å². The van der Waals surface area contributed by atoms with Crippen molar-refractivity contribution in [1.29, 1.82) is 0 Å². The van der Waals surface area contributed by atoms with Crippen molar-refractivity contribution >= 4 is 0 Å². The van der Waals surface area contributed by atoms with Crippen LogP contribution in [0.1, 0.15) is 90.9 Å². The van der Waals surface area contributed by atoms with Crippen molar-refractivity contribution < 1.29 is 4.74 Å². The molecule has 2 fully saturated rings. The Morgan fingerprint density at radius 2 is 1.90 bits per heavy atom. The van der Waals surface area contributed by atoms with Crippen molar-refractivity contribution in [3.05, 3.63) is 0 Å². The van der Waals surface area contributed by atoms with Crippen molar-refractivity contribution in [3.63, 3.8) is 0 Å². The van der Waals surface area contributed by atoms with Gasteiger partial charge >= 0.3 is 0 Å². The Kier molecular flexibility index (Phi) is 7.53. The number of rotatable bonds is 10. The fourth-order valence-electron chi connectivity index (χ4n) is 4.13. The van der Waals surface area contributed by atoms with E-state index in [0.29, 0.717) is 5.60 Å². The van der Waals surface area contributed by atoms with Crippen LogP contribution in [0.5, 0.6) is 0 Å². The maximum Gasteiger partial charge on any atom is 0.0685 e. The molecule has 0 aromatic rings. The molecule has 2 heteroatoms. The van der Waals surface area contributed by atoms with Crippen LogP contribution >= 0.6 is 0 Å². The van der Waals surface area contributed by atoms with E-state index in [4.69, 9.17) is 4.74 Å². The van der Waals surface area contributed by atoms with E-state index >= 15 is 0 Å². The summed E-state index contributed by atoms with van der Waals surface area (Å²) in [4.78, 5) is 0. The molecule has 124 valence electrons. The van der Waals surface area contributed by atoms with Crippen LogP contribution in [0.4, 0.5) is 0 Å². The van der Waals surface area contributed by atoms with Gasteiger partial charge in [-0.3, -0.25) is 0 Å². The first kappa shape index (κ1) is 17.3. The lowest BCUT2D eigenvalue weighted by Gasteiger charge is -2.49. The summed E-state index contributed by atoms with van der Waals surface area (Å²) in [5.41, 5.74) is 0.303. The van der Waals surface area contributed by atoms with Crippen LogP contribution in [-0.4, -0.2) is 24.8 Å². The highest BCUT2D eigenvalue weighted by Gasteiger charge is 2.43. The van der Waals surface area contributed by atoms with Gasteiger partial charge in [0.15, 0.2) is 0 Å². The predicted molar refractivity (Wildman–Crippen MR) is 90.7 cm³/mol. The average Bonchev–Trinajstić information content (AvgIpc) is 2.48. The lowest BCUT2D eigenvalue weighted by atomic mass is 9.70. The molecule has 0 bridgehead atoms. The molecule has 0 aromatic carbocycles. The minimum Gasteiger partial charge on any atom is -0.375 e. The van der Waals surface area contributed by atoms with Crippen LogP contribution < -0.4 is 5.32 Å². The minimum atomic E-state index is 0.303. The van der Waals surface area contributed by atoms with E-state index in [1.165, 1.54) is 83.6 Å². The zero-order chi connectivity index (χ0) is 15.0. The van der Waals surface area contributed by atoms with Crippen LogP contribution in [0.15, 0.2) is 0 Å². The van der Waals surface area contributed by atoms with Crippen molar-refractivity contribution in [2.45, 2.75) is 103 Å². The number of unbranched alkanes of at least 4 members (excludes halogenated alkanes) is 4. The van der Waals surface area contributed by atoms with Gasteiger partial charge in [0, 0.05) is 12.6 Å². The molecule has 1 heterocycles. The molecule has 1 aliphatic heterocycles. The monoisotopic (exact) mass is 295 g/mol. The summed E-state index contributed by atoms with van der Waals surface area (Å²) in [6, 6.07) is 0.743. The Balaban J connectivity index is 1.76. The lowest BCUT2D eigenvalue weighted by molar-refractivity contribution is -0.147. The van der Waals surface area contributed by atoms with Gasteiger partial charge in [0.2, 0.25) is 0 Å². The summed E-state index contributed by atoms with van der Waals surface area (Å²) in [6.45, 7) is 6.77. The van der Waals surface area contributed by atoms with Gasteiger partial charge in [0.25, 0.3) is 0 Å². The fraction of sp³-hybridized carbons (Fsp3) is 1.00. The van der Waals surface area contributed by atoms with E-state index in [1.807, 2.05) is 0 Å². The Bertz CT molecular complexity index is 275. The molecule has 1 spiro atoms. The van der Waals surface area contributed by atoms with E-state index < -0.39 is 0 Å². The van der Waals surface area contributed by atoms with E-state index in [1.54, 1.807) is 0 Å². The zero-order valence-electron chi connectivity index (χ0n) is 14.5. The van der Waals surface area contributed by atoms with Gasteiger partial charge in [0.1, 0.15) is 0 Å². The van der Waals surface area contributed by atoms with Crippen LogP contribution in [0.25, 0.3) is 0 Å². The number of nitrogens with one attached hydrogen (secondary N) is 1. The minimum absolute atomic E-state index is 0.303. The molecular formula is C19H37NO. The highest BCUT2D eigenvalue weighted by molar-refractivity contribution is 4.96. The van der Waals surface area contributed by atoms with Gasteiger partial charge in [-0.05, 0) is 57.4 Å². The third-order valence-electron chi connectivity index (χ3n) is 5.64. The maximum absolute atomic E-state index is 6.12. The SMILES string of the molecule is CCCCCCCC(NCCC)C1CCOC2(CCC2)C1. The first-order chi connectivity index (χ1) is 10.3. The molecule has 2 atom stereocenters. The fourth-order valence-corrected chi connectivity index (χ4v) is 4.13. The smallest absolute Gasteiger partial charge is 0.0685 e. The topological polar surface area (TPSA) is 21.3 Å². The lowest BCUT2D eigenvalue weighted by Crippen LogP contribution is -2.50. The van der Waals surface area contributed by atoms with Crippen LogP contribution in [0.2, 0.25) is 0 Å². The molecule has 1 saturated carbocycles. The number of ether oxygens (including phenoxy) is 1. The van der Waals surface area contributed by atoms with Crippen LogP contribution in [-0.2, 0) is 4.74 Å². The molecule has 2 aliphatic rings. The molecule has 1 saturated heterocycles. The van der Waals surface area contributed by atoms with Gasteiger partial charge in [-0.15, -0.1) is 0 Å². The second kappa shape index (κ2) is 9.15. The zero-order valence-corrected chi connectivity index (χ0v) is 14.5. The van der Waals surface area contributed by atoms with Gasteiger partial charge in [-0.2, -0.15) is 0 Å². The maximum atomic E-state index is 6.12. The summed E-state index contributed by atoms with van der Waals surface area (Å²) >= 11 is 0. The van der Waals surface area contributed by atoms with Crippen molar-refractivity contribution in [3.8, 4) is 0 Å². The molecule has 0 aromatic heterocycles. The Labute approximate surface area is 132 Å². The van der Waals surface area contributed by atoms with Gasteiger partial charge in [0.05, 0.1) is 5.60 Å². The second-order valence-electron chi connectivity index (χ2n) is 7.40. The molecule has 0 radical (unpaired) electrons. The summed E-state index contributed by atoms with van der Waals surface area (Å²) in [5, 5.41) is 3.86. The Morgan fingerprint density at radius 3 is 2.57 bits per heavy atom. The molecule has 1 N–H and O–H groups in total. The average molecular weight is 296 g/mol. The Hall–Kier alpha value is -0.0800. The van der Waals surface area contributed by atoms with E-state index in [2.05, 4.69) is 19.2 Å². The number of hydrogen-bond acceptors (Lipinski definition) is 2. The first-order valence-corrected chi connectivity index (χ1v) is 9.67. The molecule has 2 nitrogen and oxygen atoms in total. The van der Waals surface area contributed by atoms with E-state index in [9.17, 15) is 0 Å². The third-order valence-corrected chi connectivity index (χ3v) is 5.64. The molecule has 21 heavy (non-hydrogen) atoms. The highest BCUT2D eigenvalue weighted by Crippen LogP contribution is 2.45. The molecule has 2 rings (SSSR count). The van der Waals surface area contributed by atoms with Gasteiger partial charge in [-0.25, -0.2) is 0 Å².